The van der Waals surface area contributed by atoms with Gasteiger partial charge in [0.2, 0.25) is 5.88 Å². The van der Waals surface area contributed by atoms with Crippen molar-refractivity contribution in [2.45, 2.75) is 42.4 Å². The Morgan fingerprint density at radius 2 is 2.17 bits per heavy atom. The van der Waals surface area contributed by atoms with E-state index in [0.717, 1.165) is 47.2 Å². The van der Waals surface area contributed by atoms with Crippen molar-refractivity contribution in [3.05, 3.63) is 12.0 Å². The number of fused-ring (bicyclic) bond motifs is 1. The van der Waals surface area contributed by atoms with Crippen molar-refractivity contribution in [3.8, 4) is 5.88 Å². The minimum atomic E-state index is -0.642. The van der Waals surface area contributed by atoms with Crippen molar-refractivity contribution in [2.75, 3.05) is 11.5 Å². The first-order chi connectivity index (χ1) is 8.72. The van der Waals surface area contributed by atoms with Gasteiger partial charge in [-0.1, -0.05) is 18.1 Å². The largest absolute Gasteiger partial charge is 0.616 e. The minimum Gasteiger partial charge on any atom is -0.616 e. The van der Waals surface area contributed by atoms with Gasteiger partial charge < -0.3 is 9.29 Å². The van der Waals surface area contributed by atoms with Crippen LogP contribution in [0.2, 0.25) is 0 Å². The number of hydrogen-bond acceptors (Lipinski definition) is 5. The molecule has 1 fully saturated rings. The number of thioether (sulfide) groups is 1. The van der Waals surface area contributed by atoms with Gasteiger partial charge in [-0.2, -0.15) is 0 Å². The topological polar surface area (TPSA) is 58.1 Å². The summed E-state index contributed by atoms with van der Waals surface area (Å²) in [7, 11) is 0. The van der Waals surface area contributed by atoms with Gasteiger partial charge in [-0.15, -0.1) is 11.8 Å². The molecule has 6 heteroatoms. The number of hydrogen-bond donors (Lipinski definition) is 0. The second kappa shape index (κ2) is 5.27. The van der Waals surface area contributed by atoms with Crippen LogP contribution in [0.15, 0.2) is 11.2 Å². The van der Waals surface area contributed by atoms with E-state index in [0.29, 0.717) is 5.25 Å². The smallest absolute Gasteiger partial charge is 0.231 e. The van der Waals surface area contributed by atoms with Gasteiger partial charge in [0.05, 0.1) is 10.6 Å². The van der Waals surface area contributed by atoms with Crippen LogP contribution in [0.3, 0.4) is 0 Å². The molecule has 0 bridgehead atoms. The summed E-state index contributed by atoms with van der Waals surface area (Å²) in [5, 5.41) is 0.554. The van der Waals surface area contributed by atoms with Crippen molar-refractivity contribution in [2.24, 2.45) is 0 Å². The molecular formula is C12H16N2O2S2. The average molecular weight is 284 g/mol. The van der Waals surface area contributed by atoms with Crippen LogP contribution >= 0.6 is 11.8 Å². The minimum absolute atomic E-state index is 0.165. The normalized spacial score (nSPS) is 31.1. The number of ether oxygens (including phenoxy) is 1. The summed E-state index contributed by atoms with van der Waals surface area (Å²) in [6, 6.07) is 0. The Hall–Kier alpha value is -0.460. The Bertz CT molecular complexity index is 436. The lowest BCUT2D eigenvalue weighted by Gasteiger charge is -2.25. The molecule has 1 saturated heterocycles. The van der Waals surface area contributed by atoms with E-state index in [1.807, 2.05) is 0 Å². The summed E-state index contributed by atoms with van der Waals surface area (Å²) in [5.41, 5.74) is 1.11. The lowest BCUT2D eigenvalue weighted by molar-refractivity contribution is 0.176. The molecule has 3 heterocycles. The van der Waals surface area contributed by atoms with Crippen LogP contribution in [0.4, 0.5) is 0 Å². The highest BCUT2D eigenvalue weighted by Gasteiger charge is 2.28. The van der Waals surface area contributed by atoms with E-state index in [1.165, 1.54) is 0 Å². The van der Waals surface area contributed by atoms with Gasteiger partial charge in [0.1, 0.15) is 23.9 Å². The van der Waals surface area contributed by atoms with Crippen LogP contribution in [0, 0.1) is 0 Å². The number of nitrogens with zero attached hydrogens (tertiary/aromatic N) is 2. The summed E-state index contributed by atoms with van der Waals surface area (Å²) >= 11 is 1.16. The molecule has 0 radical (unpaired) electrons. The van der Waals surface area contributed by atoms with Crippen molar-refractivity contribution < 1.29 is 9.29 Å². The molecule has 1 unspecified atom stereocenters. The highest BCUT2D eigenvalue weighted by atomic mass is 32.2. The fourth-order valence-electron chi connectivity index (χ4n) is 2.30. The molecule has 18 heavy (non-hydrogen) atoms. The monoisotopic (exact) mass is 284 g/mol. The zero-order valence-electron chi connectivity index (χ0n) is 10.3. The Balaban J connectivity index is 1.72. The molecule has 0 N–H and O–H groups in total. The molecule has 3 rings (SSSR count). The zero-order valence-corrected chi connectivity index (χ0v) is 11.9. The maximum atomic E-state index is 11.3. The van der Waals surface area contributed by atoms with Crippen LogP contribution in [0.5, 0.6) is 5.88 Å². The molecular weight excluding hydrogens is 268 g/mol. The number of rotatable bonds is 2. The van der Waals surface area contributed by atoms with Gasteiger partial charge in [-0.05, 0) is 0 Å². The lowest BCUT2D eigenvalue weighted by Crippen LogP contribution is -2.31. The molecule has 0 aliphatic carbocycles. The summed E-state index contributed by atoms with van der Waals surface area (Å²) < 4.78 is 17.3. The van der Waals surface area contributed by atoms with E-state index >= 15 is 0 Å². The van der Waals surface area contributed by atoms with E-state index in [4.69, 9.17) is 4.74 Å². The van der Waals surface area contributed by atoms with Crippen LogP contribution in [0.1, 0.15) is 25.5 Å². The first-order valence-corrected chi connectivity index (χ1v) is 8.61. The Morgan fingerprint density at radius 3 is 2.94 bits per heavy atom. The molecule has 98 valence electrons. The van der Waals surface area contributed by atoms with Gasteiger partial charge in [0.15, 0.2) is 0 Å². The van der Waals surface area contributed by atoms with Gasteiger partial charge in [-0.3, -0.25) is 0 Å². The van der Waals surface area contributed by atoms with Crippen LogP contribution in [0.25, 0.3) is 0 Å². The van der Waals surface area contributed by atoms with Crippen molar-refractivity contribution in [1.29, 1.82) is 0 Å². The number of aromatic nitrogens is 2. The summed E-state index contributed by atoms with van der Waals surface area (Å²) in [4.78, 5) is 9.69. The third-order valence-corrected chi connectivity index (χ3v) is 5.86. The van der Waals surface area contributed by atoms with Gasteiger partial charge in [0.25, 0.3) is 0 Å². The molecule has 4 nitrogen and oxygen atoms in total. The summed E-state index contributed by atoms with van der Waals surface area (Å²) in [6.45, 7) is 2.19. The Labute approximate surface area is 114 Å². The molecule has 0 aromatic carbocycles. The van der Waals surface area contributed by atoms with Gasteiger partial charge >= 0.3 is 0 Å². The SMILES string of the molecule is CC1Cc2ncnc(OC3CC[S+]([O-])CC3)c2S1. The van der Waals surface area contributed by atoms with E-state index < -0.39 is 11.2 Å². The lowest BCUT2D eigenvalue weighted by atomic mass is 10.2. The highest BCUT2D eigenvalue weighted by molar-refractivity contribution is 8.00. The van der Waals surface area contributed by atoms with Gasteiger partial charge in [-0.25, -0.2) is 9.97 Å². The maximum absolute atomic E-state index is 11.3. The second-order valence-corrected chi connectivity index (χ2v) is 7.90. The molecule has 1 atom stereocenters. The molecule has 0 amide bonds. The highest BCUT2D eigenvalue weighted by Crippen LogP contribution is 2.41. The Morgan fingerprint density at radius 1 is 1.39 bits per heavy atom. The fourth-order valence-corrected chi connectivity index (χ4v) is 4.68. The Kier molecular flexibility index (Phi) is 3.68. The molecule has 1 aromatic rings. The van der Waals surface area contributed by atoms with Crippen LogP contribution in [-0.4, -0.2) is 37.4 Å². The second-order valence-electron chi connectivity index (χ2n) is 4.75. The molecule has 0 saturated carbocycles. The first-order valence-electron chi connectivity index (χ1n) is 6.24. The first kappa shape index (κ1) is 12.6. The zero-order chi connectivity index (χ0) is 12.5. The van der Waals surface area contributed by atoms with Crippen molar-refractivity contribution in [3.63, 3.8) is 0 Å². The standard InChI is InChI=1S/C12H16N2O2S2/c1-8-6-10-11(17-8)12(14-7-13-10)16-9-2-4-18(15)5-3-9/h7-9H,2-6H2,1H3. The third-order valence-electron chi connectivity index (χ3n) is 3.26. The van der Waals surface area contributed by atoms with Gasteiger partial charge in [0, 0.05) is 24.5 Å². The molecule has 2 aliphatic heterocycles. The van der Waals surface area contributed by atoms with E-state index in [1.54, 1.807) is 18.1 Å². The summed E-state index contributed by atoms with van der Waals surface area (Å²) in [6.07, 6.45) is 4.48. The molecule has 1 aromatic heterocycles. The van der Waals surface area contributed by atoms with E-state index in [2.05, 4.69) is 16.9 Å². The molecule has 2 aliphatic rings. The third kappa shape index (κ3) is 2.60. The van der Waals surface area contributed by atoms with Crippen molar-refractivity contribution >= 4 is 22.9 Å². The fraction of sp³-hybridized carbons (Fsp3) is 0.667. The maximum Gasteiger partial charge on any atom is 0.231 e. The quantitative estimate of drug-likeness (QED) is 0.775. The van der Waals surface area contributed by atoms with Crippen molar-refractivity contribution in [1.82, 2.24) is 9.97 Å². The predicted molar refractivity (Wildman–Crippen MR) is 72.6 cm³/mol. The van der Waals surface area contributed by atoms with Crippen LogP contribution in [-0.2, 0) is 17.6 Å². The van der Waals surface area contributed by atoms with E-state index in [9.17, 15) is 4.55 Å². The predicted octanol–water partition coefficient (Wildman–Crippen LogP) is 1.80. The summed E-state index contributed by atoms with van der Waals surface area (Å²) in [5.74, 6) is 2.23. The average Bonchev–Trinajstić information content (AvgIpc) is 2.73. The van der Waals surface area contributed by atoms with E-state index in [-0.39, 0.29) is 6.10 Å². The molecule has 0 spiro atoms. The van der Waals surface area contributed by atoms with Crippen LogP contribution < -0.4 is 4.74 Å².